The highest BCUT2D eigenvalue weighted by molar-refractivity contribution is 9.14. The minimum Gasteiger partial charge on any atom is -0.297 e. The number of hydrazone groups is 1. The van der Waals surface area contributed by atoms with E-state index in [4.69, 9.17) is 0 Å². The number of anilines is 1. The summed E-state index contributed by atoms with van der Waals surface area (Å²) in [4.78, 5) is 10.5. The Bertz CT molecular complexity index is 556. The van der Waals surface area contributed by atoms with Gasteiger partial charge in [-0.1, -0.05) is 6.07 Å². The molecule has 1 aromatic rings. The van der Waals surface area contributed by atoms with Crippen LogP contribution < -0.4 is 5.01 Å². The van der Waals surface area contributed by atoms with Crippen molar-refractivity contribution in [2.75, 3.05) is 12.1 Å². The summed E-state index contributed by atoms with van der Waals surface area (Å²) in [6.45, 7) is 0. The second-order valence-electron chi connectivity index (χ2n) is 3.63. The summed E-state index contributed by atoms with van der Waals surface area (Å²) in [7, 11) is 1.50. The van der Waals surface area contributed by atoms with Gasteiger partial charge in [-0.05, 0) is 50.1 Å². The maximum Gasteiger partial charge on any atom is 0.416 e. The van der Waals surface area contributed by atoms with Crippen molar-refractivity contribution in [2.24, 2.45) is 5.10 Å². The summed E-state index contributed by atoms with van der Waals surface area (Å²) in [5.41, 5.74) is -0.473. The molecule has 8 heteroatoms. The first-order valence-electron chi connectivity index (χ1n) is 5.21. The van der Waals surface area contributed by atoms with Crippen LogP contribution in [0.15, 0.2) is 38.3 Å². The molecule has 0 amide bonds. The summed E-state index contributed by atoms with van der Waals surface area (Å²) in [6.07, 6.45) is -2.53. The van der Waals surface area contributed by atoms with Gasteiger partial charge in [0.25, 0.3) is 0 Å². The second kappa shape index (κ2) is 7.03. The third-order valence-corrected chi connectivity index (χ3v) is 4.00. The van der Waals surface area contributed by atoms with Gasteiger partial charge in [-0.15, -0.1) is 0 Å². The number of carbonyl (C=O) groups is 1. The maximum absolute atomic E-state index is 12.6. The minimum atomic E-state index is -4.40. The zero-order valence-corrected chi connectivity index (χ0v) is 13.3. The average Bonchev–Trinajstić information content (AvgIpc) is 2.42. The summed E-state index contributed by atoms with van der Waals surface area (Å²) in [5, 5.41) is 5.20. The smallest absolute Gasteiger partial charge is 0.297 e. The van der Waals surface area contributed by atoms with Gasteiger partial charge in [-0.3, -0.25) is 9.80 Å². The molecule has 0 aromatic heterocycles. The van der Waals surface area contributed by atoms with Crippen molar-refractivity contribution in [3.05, 3.63) is 38.8 Å². The highest BCUT2D eigenvalue weighted by Crippen LogP contribution is 2.31. The molecule has 0 N–H and O–H groups in total. The van der Waals surface area contributed by atoms with E-state index in [0.717, 1.165) is 12.1 Å². The van der Waals surface area contributed by atoms with Gasteiger partial charge in [0.15, 0.2) is 6.29 Å². The van der Waals surface area contributed by atoms with E-state index in [-0.39, 0.29) is 10.2 Å². The summed E-state index contributed by atoms with van der Waals surface area (Å²) in [6, 6.07) is 4.78. The molecule has 0 saturated carbocycles. The number of aldehydes is 1. The Hall–Kier alpha value is -1.15. The quantitative estimate of drug-likeness (QED) is 0.318. The van der Waals surface area contributed by atoms with E-state index in [1.54, 1.807) is 0 Å². The first-order chi connectivity index (χ1) is 9.25. The van der Waals surface area contributed by atoms with Crippen molar-refractivity contribution in [1.82, 2.24) is 0 Å². The summed E-state index contributed by atoms with van der Waals surface area (Å²) < 4.78 is 38.4. The van der Waals surface area contributed by atoms with Gasteiger partial charge in [0.05, 0.1) is 26.4 Å². The van der Waals surface area contributed by atoms with E-state index in [2.05, 4.69) is 37.0 Å². The molecule has 0 aliphatic carbocycles. The van der Waals surface area contributed by atoms with Gasteiger partial charge in [0.2, 0.25) is 0 Å². The molecule has 0 atom stereocenters. The molecule has 1 rings (SSSR count). The normalized spacial score (nSPS) is 13.3. The highest BCUT2D eigenvalue weighted by atomic mass is 79.9. The van der Waals surface area contributed by atoms with Gasteiger partial charge in [0.1, 0.15) is 0 Å². The molecule has 0 bridgehead atoms. The fraction of sp³-hybridized carbons (Fsp3) is 0.167. The van der Waals surface area contributed by atoms with E-state index < -0.39 is 11.7 Å². The Labute approximate surface area is 130 Å². The van der Waals surface area contributed by atoms with Crippen LogP contribution in [0.5, 0.6) is 0 Å². The molecule has 0 aliphatic heterocycles. The van der Waals surface area contributed by atoms with Crippen LogP contribution in [0.1, 0.15) is 5.56 Å². The molecule has 0 fully saturated rings. The van der Waals surface area contributed by atoms with Crippen LogP contribution in [0.2, 0.25) is 0 Å². The van der Waals surface area contributed by atoms with Crippen molar-refractivity contribution >= 4 is 50.0 Å². The Morgan fingerprint density at radius 3 is 2.50 bits per heavy atom. The lowest BCUT2D eigenvalue weighted by molar-refractivity contribution is -0.137. The number of alkyl halides is 3. The van der Waals surface area contributed by atoms with E-state index in [1.807, 2.05) is 0 Å². The molecule has 1 aromatic carbocycles. The van der Waals surface area contributed by atoms with Crippen molar-refractivity contribution in [1.29, 1.82) is 0 Å². The van der Waals surface area contributed by atoms with Crippen molar-refractivity contribution in [2.45, 2.75) is 6.18 Å². The number of nitrogens with zero attached hydrogens (tertiary/aromatic N) is 2. The van der Waals surface area contributed by atoms with Gasteiger partial charge < -0.3 is 0 Å². The van der Waals surface area contributed by atoms with Gasteiger partial charge in [-0.25, -0.2) is 0 Å². The molecule has 0 saturated heterocycles. The summed E-state index contributed by atoms with van der Waals surface area (Å²) >= 11 is 6.09. The van der Waals surface area contributed by atoms with Crippen LogP contribution >= 0.6 is 31.9 Å². The lowest BCUT2D eigenvalue weighted by atomic mass is 10.2. The van der Waals surface area contributed by atoms with E-state index >= 15 is 0 Å². The van der Waals surface area contributed by atoms with Crippen molar-refractivity contribution in [3.63, 3.8) is 0 Å². The van der Waals surface area contributed by atoms with Gasteiger partial charge in [-0.2, -0.15) is 18.3 Å². The first kappa shape index (κ1) is 16.9. The molecular formula is C12H9Br2F3N2O. The molecule has 3 nitrogen and oxygen atoms in total. The molecule has 108 valence electrons. The Morgan fingerprint density at radius 1 is 1.30 bits per heavy atom. The molecule has 0 radical (unpaired) electrons. The number of carbonyl (C=O) groups excluding carboxylic acids is 1. The Morgan fingerprint density at radius 2 is 1.95 bits per heavy atom. The van der Waals surface area contributed by atoms with Crippen molar-refractivity contribution in [3.8, 4) is 0 Å². The lowest BCUT2D eigenvalue weighted by Gasteiger charge is -2.15. The predicted octanol–water partition coefficient (Wildman–Crippen LogP) is 4.33. The standard InChI is InChI=1S/C12H9Br2F3N2O/c1-19(18-6-10(13)11(14)7-20)9-4-2-3-8(5-9)12(15,16)17/h2-7H,1H3/b11-10-,18-6-. The molecule has 20 heavy (non-hydrogen) atoms. The summed E-state index contributed by atoms with van der Waals surface area (Å²) in [5.74, 6) is 0. The SMILES string of the molecule is CN(/N=C\C(Br)=C(\Br)C=O)c1cccc(C(F)(F)F)c1. The van der Waals surface area contributed by atoms with E-state index in [0.29, 0.717) is 10.8 Å². The predicted molar refractivity (Wildman–Crippen MR) is 79.3 cm³/mol. The number of rotatable bonds is 4. The first-order valence-corrected chi connectivity index (χ1v) is 6.79. The second-order valence-corrected chi connectivity index (χ2v) is 5.34. The van der Waals surface area contributed by atoms with Crippen LogP contribution in [0.4, 0.5) is 18.9 Å². The van der Waals surface area contributed by atoms with Gasteiger partial charge >= 0.3 is 6.18 Å². The zero-order valence-electron chi connectivity index (χ0n) is 10.2. The fourth-order valence-electron chi connectivity index (χ4n) is 1.21. The van der Waals surface area contributed by atoms with Crippen LogP contribution in [-0.4, -0.2) is 19.5 Å². The third kappa shape index (κ3) is 4.75. The van der Waals surface area contributed by atoms with Crippen LogP contribution in [0, 0.1) is 0 Å². The number of benzene rings is 1. The fourth-order valence-corrected chi connectivity index (χ4v) is 1.49. The van der Waals surface area contributed by atoms with E-state index in [9.17, 15) is 18.0 Å². The van der Waals surface area contributed by atoms with Crippen LogP contribution in [0.3, 0.4) is 0 Å². The maximum atomic E-state index is 12.6. The molecular weight excluding hydrogens is 405 g/mol. The minimum absolute atomic E-state index is 0.249. The molecule has 0 spiro atoms. The monoisotopic (exact) mass is 412 g/mol. The van der Waals surface area contributed by atoms with Crippen molar-refractivity contribution < 1.29 is 18.0 Å². The van der Waals surface area contributed by atoms with E-state index in [1.165, 1.54) is 30.4 Å². The Kier molecular flexibility index (Phi) is 5.94. The molecule has 0 heterocycles. The highest BCUT2D eigenvalue weighted by Gasteiger charge is 2.30. The third-order valence-electron chi connectivity index (χ3n) is 2.22. The largest absolute Gasteiger partial charge is 0.416 e. The molecule has 0 aliphatic rings. The molecule has 0 unspecified atom stereocenters. The van der Waals surface area contributed by atoms with Crippen LogP contribution in [-0.2, 0) is 11.0 Å². The number of hydrogen-bond donors (Lipinski definition) is 0. The number of halogens is 5. The topological polar surface area (TPSA) is 32.7 Å². The Balaban J connectivity index is 2.97. The number of allylic oxidation sites excluding steroid dienone is 2. The zero-order chi connectivity index (χ0) is 15.3. The number of hydrogen-bond acceptors (Lipinski definition) is 3. The van der Waals surface area contributed by atoms with Gasteiger partial charge in [0, 0.05) is 7.05 Å². The van der Waals surface area contributed by atoms with Crippen LogP contribution in [0.25, 0.3) is 0 Å². The lowest BCUT2D eigenvalue weighted by Crippen LogP contribution is -2.11. The average molecular weight is 414 g/mol.